The molecule has 0 saturated heterocycles. The van der Waals surface area contributed by atoms with Crippen LogP contribution in [0.2, 0.25) is 0 Å². The second-order valence-corrected chi connectivity index (χ2v) is 6.09. The average Bonchev–Trinajstić information content (AvgIpc) is 3.08. The monoisotopic (exact) mass is 334 g/mol. The van der Waals surface area contributed by atoms with E-state index >= 15 is 0 Å². The molecule has 0 aliphatic carbocycles. The van der Waals surface area contributed by atoms with Gasteiger partial charge in [0.25, 0.3) is 0 Å². The number of aliphatic hydroxyl groups excluding tert-OH is 1. The zero-order valence-electron chi connectivity index (χ0n) is 13.3. The summed E-state index contributed by atoms with van der Waals surface area (Å²) in [5.74, 6) is 0.812. The molecule has 6 heteroatoms. The molecule has 0 spiro atoms. The van der Waals surface area contributed by atoms with Crippen LogP contribution in [0.5, 0.6) is 5.75 Å². The van der Waals surface area contributed by atoms with E-state index in [0.717, 1.165) is 16.2 Å². The largest absolute Gasteiger partial charge is 0.494 e. The van der Waals surface area contributed by atoms with Gasteiger partial charge in [0.1, 0.15) is 11.9 Å². The Hall–Kier alpha value is -2.05. The Balaban J connectivity index is 1.79. The highest BCUT2D eigenvalue weighted by Crippen LogP contribution is 2.19. The molecule has 0 aliphatic heterocycles. The molecule has 3 N–H and O–H groups in total. The Kier molecular flexibility index (Phi) is 6.43. The fourth-order valence-corrected chi connectivity index (χ4v) is 2.83. The summed E-state index contributed by atoms with van der Waals surface area (Å²) >= 11 is 1.47. The van der Waals surface area contributed by atoms with Gasteiger partial charge in [-0.2, -0.15) is 0 Å². The first-order chi connectivity index (χ1) is 11.1. The quantitative estimate of drug-likeness (QED) is 0.728. The number of benzene rings is 1. The average molecular weight is 334 g/mol. The molecule has 0 radical (unpaired) electrons. The van der Waals surface area contributed by atoms with Crippen molar-refractivity contribution in [1.82, 2.24) is 10.6 Å². The van der Waals surface area contributed by atoms with E-state index in [4.69, 9.17) is 4.74 Å². The van der Waals surface area contributed by atoms with Gasteiger partial charge in [-0.15, -0.1) is 11.3 Å². The van der Waals surface area contributed by atoms with Gasteiger partial charge in [0, 0.05) is 4.88 Å². The fourth-order valence-electron chi connectivity index (χ4n) is 2.12. The Morgan fingerprint density at radius 1 is 1.30 bits per heavy atom. The number of nitrogens with one attached hydrogen (secondary N) is 2. The molecule has 1 aromatic carbocycles. The topological polar surface area (TPSA) is 70.6 Å². The lowest BCUT2D eigenvalue weighted by Gasteiger charge is -2.16. The maximum Gasteiger partial charge on any atom is 0.315 e. The number of carbonyl (C=O) groups is 1. The van der Waals surface area contributed by atoms with Crippen LogP contribution in [0.3, 0.4) is 0 Å². The summed E-state index contributed by atoms with van der Waals surface area (Å²) in [6.45, 7) is 4.66. The highest BCUT2D eigenvalue weighted by molar-refractivity contribution is 7.10. The maximum atomic E-state index is 11.9. The van der Waals surface area contributed by atoms with E-state index in [0.29, 0.717) is 6.61 Å². The number of urea groups is 1. The number of rotatable bonds is 7. The first-order valence-corrected chi connectivity index (χ1v) is 8.46. The molecule has 23 heavy (non-hydrogen) atoms. The molecule has 0 fully saturated rings. The zero-order valence-corrected chi connectivity index (χ0v) is 14.1. The van der Waals surface area contributed by atoms with Crippen molar-refractivity contribution in [1.29, 1.82) is 0 Å². The number of ether oxygens (including phenoxy) is 1. The van der Waals surface area contributed by atoms with Gasteiger partial charge in [0.2, 0.25) is 0 Å². The number of hydrogen-bond acceptors (Lipinski definition) is 4. The van der Waals surface area contributed by atoms with Crippen molar-refractivity contribution >= 4 is 17.4 Å². The highest BCUT2D eigenvalue weighted by atomic mass is 32.1. The molecule has 2 aromatic rings. The third kappa shape index (κ3) is 5.26. The van der Waals surface area contributed by atoms with Gasteiger partial charge in [0.15, 0.2) is 0 Å². The van der Waals surface area contributed by atoms with Crippen molar-refractivity contribution in [3.05, 3.63) is 52.2 Å². The standard InChI is InChI=1S/C17H22N2O3S/c1-3-22-14-8-6-13(7-9-14)12(2)19-17(21)18-11-15(20)16-5-4-10-23-16/h4-10,12,15,20H,3,11H2,1-2H3,(H2,18,19,21)/t12-,15-/m1/s1. The van der Waals surface area contributed by atoms with Crippen LogP contribution >= 0.6 is 11.3 Å². The summed E-state index contributed by atoms with van der Waals surface area (Å²) in [6.07, 6.45) is -0.679. The Morgan fingerprint density at radius 2 is 2.04 bits per heavy atom. The van der Waals surface area contributed by atoms with E-state index in [1.807, 2.05) is 55.6 Å². The third-order valence-electron chi connectivity index (χ3n) is 3.37. The molecule has 124 valence electrons. The molecule has 0 unspecified atom stereocenters. The molecule has 1 heterocycles. The summed E-state index contributed by atoms with van der Waals surface area (Å²) in [7, 11) is 0. The minimum absolute atomic E-state index is 0.135. The molecule has 2 atom stereocenters. The van der Waals surface area contributed by atoms with Gasteiger partial charge in [-0.05, 0) is 43.0 Å². The van der Waals surface area contributed by atoms with E-state index < -0.39 is 6.10 Å². The van der Waals surface area contributed by atoms with Crippen LogP contribution in [0.25, 0.3) is 0 Å². The second kappa shape index (κ2) is 8.55. The summed E-state index contributed by atoms with van der Waals surface area (Å²) in [4.78, 5) is 12.8. The normalized spacial score (nSPS) is 13.2. The van der Waals surface area contributed by atoms with Crippen LogP contribution in [0.4, 0.5) is 4.79 Å². The van der Waals surface area contributed by atoms with Crippen molar-refractivity contribution < 1.29 is 14.6 Å². The lowest BCUT2D eigenvalue weighted by Crippen LogP contribution is -2.38. The van der Waals surface area contributed by atoms with Gasteiger partial charge >= 0.3 is 6.03 Å². The van der Waals surface area contributed by atoms with Crippen LogP contribution in [0, 0.1) is 0 Å². The minimum atomic E-state index is -0.679. The molecule has 2 amide bonds. The fraction of sp³-hybridized carbons (Fsp3) is 0.353. The van der Waals surface area contributed by atoms with Gasteiger partial charge in [-0.25, -0.2) is 4.79 Å². The summed E-state index contributed by atoms with van der Waals surface area (Å²) in [6, 6.07) is 10.9. The lowest BCUT2D eigenvalue weighted by molar-refractivity contribution is 0.176. The van der Waals surface area contributed by atoms with E-state index in [-0.39, 0.29) is 18.6 Å². The number of thiophene rings is 1. The maximum absolute atomic E-state index is 11.9. The predicted octanol–water partition coefficient (Wildman–Crippen LogP) is 3.24. The van der Waals surface area contributed by atoms with Gasteiger partial charge in [-0.1, -0.05) is 18.2 Å². The van der Waals surface area contributed by atoms with Crippen LogP contribution in [0.15, 0.2) is 41.8 Å². The van der Waals surface area contributed by atoms with Crippen molar-refractivity contribution in [2.75, 3.05) is 13.2 Å². The minimum Gasteiger partial charge on any atom is -0.494 e. The number of hydrogen-bond donors (Lipinski definition) is 3. The molecule has 1 aromatic heterocycles. The molecule has 5 nitrogen and oxygen atoms in total. The first kappa shape index (κ1) is 17.3. The number of aliphatic hydroxyl groups is 1. The molecule has 0 saturated carbocycles. The van der Waals surface area contributed by atoms with Crippen LogP contribution in [-0.4, -0.2) is 24.3 Å². The van der Waals surface area contributed by atoms with Crippen LogP contribution in [-0.2, 0) is 0 Å². The molecular formula is C17H22N2O3S. The lowest BCUT2D eigenvalue weighted by atomic mass is 10.1. The van der Waals surface area contributed by atoms with Gasteiger partial charge in [-0.3, -0.25) is 0 Å². The SMILES string of the molecule is CCOc1ccc([C@@H](C)NC(=O)NC[C@@H](O)c2cccs2)cc1. The van der Waals surface area contributed by atoms with Gasteiger partial charge in [0.05, 0.1) is 19.2 Å². The van der Waals surface area contributed by atoms with E-state index in [9.17, 15) is 9.90 Å². The Morgan fingerprint density at radius 3 is 2.65 bits per heavy atom. The summed E-state index contributed by atoms with van der Waals surface area (Å²) in [5, 5.41) is 17.4. The Bertz CT molecular complexity index is 599. The summed E-state index contributed by atoms with van der Waals surface area (Å²) in [5.41, 5.74) is 0.988. The number of carbonyl (C=O) groups excluding carboxylic acids is 1. The van der Waals surface area contributed by atoms with Crippen molar-refractivity contribution in [2.45, 2.75) is 26.0 Å². The molecular weight excluding hydrogens is 312 g/mol. The molecule has 2 rings (SSSR count). The second-order valence-electron chi connectivity index (χ2n) is 5.11. The van der Waals surface area contributed by atoms with Crippen LogP contribution in [0.1, 0.15) is 36.4 Å². The van der Waals surface area contributed by atoms with E-state index in [1.165, 1.54) is 11.3 Å². The first-order valence-electron chi connectivity index (χ1n) is 7.58. The van der Waals surface area contributed by atoms with Gasteiger partial charge < -0.3 is 20.5 Å². The summed E-state index contributed by atoms with van der Waals surface area (Å²) < 4.78 is 5.40. The zero-order chi connectivity index (χ0) is 16.7. The highest BCUT2D eigenvalue weighted by Gasteiger charge is 2.12. The van der Waals surface area contributed by atoms with E-state index in [2.05, 4.69) is 10.6 Å². The van der Waals surface area contributed by atoms with Crippen LogP contribution < -0.4 is 15.4 Å². The third-order valence-corrected chi connectivity index (χ3v) is 4.34. The van der Waals surface area contributed by atoms with Crippen molar-refractivity contribution in [3.8, 4) is 5.75 Å². The molecule has 0 bridgehead atoms. The molecule has 0 aliphatic rings. The van der Waals surface area contributed by atoms with Crippen molar-refractivity contribution in [2.24, 2.45) is 0 Å². The number of amides is 2. The van der Waals surface area contributed by atoms with E-state index in [1.54, 1.807) is 0 Å². The van der Waals surface area contributed by atoms with Crippen molar-refractivity contribution in [3.63, 3.8) is 0 Å². The smallest absolute Gasteiger partial charge is 0.315 e. The Labute approximate surface area is 140 Å². The predicted molar refractivity (Wildman–Crippen MR) is 91.8 cm³/mol.